The average Bonchev–Trinajstić information content (AvgIpc) is 2.83. The molecule has 2 fully saturated rings. The lowest BCUT2D eigenvalue weighted by Crippen LogP contribution is -2.44. The third kappa shape index (κ3) is 3.80. The van der Waals surface area contributed by atoms with Crippen LogP contribution in [0.25, 0.3) is 0 Å². The molecule has 0 aromatic heterocycles. The van der Waals surface area contributed by atoms with Gasteiger partial charge in [0.25, 0.3) is 0 Å². The second-order valence-electron chi connectivity index (χ2n) is 7.38. The standard InChI is InChI=1S/C21H24O3S/c22-21(13-19-9-10-20(14-21)25(19)23)12-17-7-4-8-18(11-17)24-15-16-5-2-1-3-6-16/h1-8,11,19-20,22H,9-10,12-15H2. The summed E-state index contributed by atoms with van der Waals surface area (Å²) in [7, 11) is -0.737. The van der Waals surface area contributed by atoms with Crippen LogP contribution in [0.3, 0.4) is 0 Å². The molecule has 2 aromatic carbocycles. The van der Waals surface area contributed by atoms with E-state index in [9.17, 15) is 9.32 Å². The summed E-state index contributed by atoms with van der Waals surface area (Å²) in [5, 5.41) is 11.4. The zero-order chi connectivity index (χ0) is 17.3. The molecule has 0 aliphatic carbocycles. The Morgan fingerprint density at radius 2 is 1.68 bits per heavy atom. The number of hydrogen-bond donors (Lipinski definition) is 1. The molecular weight excluding hydrogens is 332 g/mol. The van der Waals surface area contributed by atoms with Crippen LogP contribution in [0.4, 0.5) is 0 Å². The van der Waals surface area contributed by atoms with Crippen molar-refractivity contribution >= 4 is 10.8 Å². The topological polar surface area (TPSA) is 46.5 Å². The summed E-state index contributed by atoms with van der Waals surface area (Å²) in [6.07, 6.45) is 3.93. The minimum atomic E-state index is -0.737. The smallest absolute Gasteiger partial charge is 0.120 e. The van der Waals surface area contributed by atoms with Crippen LogP contribution in [0.2, 0.25) is 0 Å². The summed E-state index contributed by atoms with van der Waals surface area (Å²) in [5.74, 6) is 0.826. The van der Waals surface area contributed by atoms with Gasteiger partial charge in [-0.05, 0) is 48.9 Å². The zero-order valence-electron chi connectivity index (χ0n) is 14.3. The van der Waals surface area contributed by atoms with E-state index in [4.69, 9.17) is 4.74 Å². The van der Waals surface area contributed by atoms with E-state index in [0.29, 0.717) is 25.9 Å². The van der Waals surface area contributed by atoms with Gasteiger partial charge in [-0.1, -0.05) is 42.5 Å². The maximum atomic E-state index is 12.2. The second-order valence-corrected chi connectivity index (χ2v) is 9.37. The van der Waals surface area contributed by atoms with Crippen molar-refractivity contribution in [3.63, 3.8) is 0 Å². The highest BCUT2D eigenvalue weighted by Gasteiger charge is 2.47. The Balaban J connectivity index is 1.42. The van der Waals surface area contributed by atoms with Crippen molar-refractivity contribution in [1.82, 2.24) is 0 Å². The lowest BCUT2D eigenvalue weighted by atomic mass is 9.87. The van der Waals surface area contributed by atoms with Crippen molar-refractivity contribution in [2.24, 2.45) is 0 Å². The van der Waals surface area contributed by atoms with Crippen molar-refractivity contribution in [1.29, 1.82) is 0 Å². The predicted octanol–water partition coefficient (Wildman–Crippen LogP) is 3.61. The maximum Gasteiger partial charge on any atom is 0.120 e. The first-order valence-corrected chi connectivity index (χ1v) is 10.3. The summed E-state index contributed by atoms with van der Waals surface area (Å²) in [5.41, 5.74) is 1.50. The van der Waals surface area contributed by atoms with E-state index in [1.807, 2.05) is 54.6 Å². The summed E-state index contributed by atoms with van der Waals surface area (Å²) >= 11 is 0. The van der Waals surface area contributed by atoms with Gasteiger partial charge in [-0.3, -0.25) is 4.21 Å². The van der Waals surface area contributed by atoms with Crippen LogP contribution in [0, 0.1) is 0 Å². The van der Waals surface area contributed by atoms with Crippen LogP contribution in [0.1, 0.15) is 36.8 Å². The molecule has 2 bridgehead atoms. The van der Waals surface area contributed by atoms with Crippen molar-refractivity contribution < 1.29 is 14.1 Å². The van der Waals surface area contributed by atoms with Gasteiger partial charge in [-0.25, -0.2) is 0 Å². The number of rotatable bonds is 5. The Kier molecular flexibility index (Phi) is 4.65. The van der Waals surface area contributed by atoms with Crippen molar-refractivity contribution in [2.45, 2.75) is 54.8 Å². The SMILES string of the molecule is O=S1C2CCC1CC(O)(Cc1cccc(OCc3ccccc3)c1)C2. The van der Waals surface area contributed by atoms with Gasteiger partial charge < -0.3 is 9.84 Å². The Labute approximate surface area is 151 Å². The molecule has 25 heavy (non-hydrogen) atoms. The quantitative estimate of drug-likeness (QED) is 0.890. The molecule has 1 N–H and O–H groups in total. The molecule has 0 radical (unpaired) electrons. The molecule has 2 heterocycles. The van der Waals surface area contributed by atoms with Gasteiger partial charge in [-0.2, -0.15) is 0 Å². The summed E-state index contributed by atoms with van der Waals surface area (Å²) in [4.78, 5) is 0. The molecular formula is C21H24O3S. The number of hydrogen-bond acceptors (Lipinski definition) is 3. The van der Waals surface area contributed by atoms with Crippen molar-refractivity contribution in [3.8, 4) is 5.75 Å². The first kappa shape index (κ1) is 16.8. The van der Waals surface area contributed by atoms with Gasteiger partial charge in [0, 0.05) is 27.7 Å². The fourth-order valence-corrected chi connectivity index (χ4v) is 6.42. The molecule has 2 saturated heterocycles. The summed E-state index contributed by atoms with van der Waals surface area (Å²) < 4.78 is 18.1. The van der Waals surface area contributed by atoms with Crippen LogP contribution in [-0.4, -0.2) is 25.4 Å². The van der Waals surface area contributed by atoms with Crippen molar-refractivity contribution in [2.75, 3.05) is 0 Å². The minimum absolute atomic E-state index is 0.182. The van der Waals surface area contributed by atoms with Crippen LogP contribution in [0.5, 0.6) is 5.75 Å². The van der Waals surface area contributed by atoms with Crippen LogP contribution in [-0.2, 0) is 23.8 Å². The van der Waals surface area contributed by atoms with Gasteiger partial charge in [0.1, 0.15) is 12.4 Å². The van der Waals surface area contributed by atoms with E-state index in [0.717, 1.165) is 29.7 Å². The van der Waals surface area contributed by atoms with E-state index in [2.05, 4.69) is 0 Å². The first-order chi connectivity index (χ1) is 12.1. The second kappa shape index (κ2) is 6.93. The highest BCUT2D eigenvalue weighted by molar-refractivity contribution is 7.86. The predicted molar refractivity (Wildman–Crippen MR) is 100 cm³/mol. The van der Waals surface area contributed by atoms with E-state index in [1.165, 1.54) is 0 Å². The lowest BCUT2D eigenvalue weighted by Gasteiger charge is -2.36. The Bertz CT molecular complexity index is 743. The van der Waals surface area contributed by atoms with E-state index in [-0.39, 0.29) is 10.5 Å². The average molecular weight is 356 g/mol. The van der Waals surface area contributed by atoms with E-state index in [1.54, 1.807) is 0 Å². The molecule has 2 aliphatic heterocycles. The van der Waals surface area contributed by atoms with Gasteiger partial charge in [0.05, 0.1) is 5.60 Å². The Morgan fingerprint density at radius 1 is 1.00 bits per heavy atom. The molecule has 2 unspecified atom stereocenters. The largest absolute Gasteiger partial charge is 0.489 e. The third-order valence-electron chi connectivity index (χ3n) is 5.36. The lowest BCUT2D eigenvalue weighted by molar-refractivity contribution is 0.0230. The highest BCUT2D eigenvalue weighted by Crippen LogP contribution is 2.42. The minimum Gasteiger partial charge on any atom is -0.489 e. The monoisotopic (exact) mass is 356 g/mol. The molecule has 0 spiro atoms. The molecule has 0 saturated carbocycles. The van der Waals surface area contributed by atoms with Crippen LogP contribution in [0.15, 0.2) is 54.6 Å². The maximum absolute atomic E-state index is 12.2. The molecule has 3 nitrogen and oxygen atoms in total. The third-order valence-corrected chi connectivity index (χ3v) is 7.48. The molecule has 132 valence electrons. The molecule has 2 aromatic rings. The molecule has 0 amide bonds. The number of ether oxygens (including phenoxy) is 1. The fourth-order valence-electron chi connectivity index (χ4n) is 4.19. The Morgan fingerprint density at radius 3 is 2.40 bits per heavy atom. The molecule has 2 atom stereocenters. The van der Waals surface area contributed by atoms with E-state index < -0.39 is 16.4 Å². The number of fused-ring (bicyclic) bond motifs is 2. The van der Waals surface area contributed by atoms with E-state index >= 15 is 0 Å². The normalized spacial score (nSPS) is 31.0. The van der Waals surface area contributed by atoms with Crippen LogP contribution < -0.4 is 4.74 Å². The highest BCUT2D eigenvalue weighted by atomic mass is 32.2. The fraction of sp³-hybridized carbons (Fsp3) is 0.429. The van der Waals surface area contributed by atoms with Gasteiger partial charge in [0.2, 0.25) is 0 Å². The Hall–Kier alpha value is -1.65. The van der Waals surface area contributed by atoms with Crippen molar-refractivity contribution in [3.05, 3.63) is 65.7 Å². The zero-order valence-corrected chi connectivity index (χ0v) is 15.1. The van der Waals surface area contributed by atoms with Crippen LogP contribution >= 0.6 is 0 Å². The summed E-state index contributed by atoms with van der Waals surface area (Å²) in [6, 6.07) is 18.1. The molecule has 4 rings (SSSR count). The molecule has 2 aliphatic rings. The number of aliphatic hydroxyl groups is 1. The molecule has 4 heteroatoms. The van der Waals surface area contributed by atoms with Gasteiger partial charge >= 0.3 is 0 Å². The van der Waals surface area contributed by atoms with Gasteiger partial charge in [0.15, 0.2) is 0 Å². The summed E-state index contributed by atoms with van der Waals surface area (Å²) in [6.45, 7) is 0.539. The first-order valence-electron chi connectivity index (χ1n) is 8.99. The number of benzene rings is 2. The van der Waals surface area contributed by atoms with Gasteiger partial charge in [-0.15, -0.1) is 0 Å².